The summed E-state index contributed by atoms with van der Waals surface area (Å²) in [6, 6.07) is 11.1. The normalized spacial score (nSPS) is 12.8. The molecule has 0 radical (unpaired) electrons. The average Bonchev–Trinajstić information content (AvgIpc) is 2.79. The first kappa shape index (κ1) is 30.9. The number of nitrogens with one attached hydrogen (secondary N) is 1. The first-order valence-electron chi connectivity index (χ1n) is 12.1. The van der Waals surface area contributed by atoms with Crippen molar-refractivity contribution in [3.8, 4) is 0 Å². The number of hydrogen-bond acceptors (Lipinski definition) is 4. The quantitative estimate of drug-likeness (QED) is 0.423. The lowest BCUT2D eigenvalue weighted by atomic mass is 9.87. The van der Waals surface area contributed by atoms with Gasteiger partial charge in [-0.15, -0.1) is 0 Å². The Morgan fingerprint density at radius 2 is 1.51 bits per heavy atom. The molecule has 204 valence electrons. The Balaban J connectivity index is 2.44. The van der Waals surface area contributed by atoms with E-state index < -0.39 is 28.5 Å². The van der Waals surface area contributed by atoms with Crippen molar-refractivity contribution in [1.29, 1.82) is 0 Å². The number of carbonyl (C=O) groups excluding carboxylic acids is 2. The van der Waals surface area contributed by atoms with Crippen LogP contribution >= 0.6 is 23.2 Å². The molecule has 0 aliphatic rings. The van der Waals surface area contributed by atoms with E-state index in [4.69, 9.17) is 23.2 Å². The van der Waals surface area contributed by atoms with Crippen molar-refractivity contribution in [3.63, 3.8) is 0 Å². The molecule has 2 rings (SSSR count). The van der Waals surface area contributed by atoms with Crippen molar-refractivity contribution < 1.29 is 18.0 Å². The fourth-order valence-electron chi connectivity index (χ4n) is 3.63. The molecule has 1 N–H and O–H groups in total. The summed E-state index contributed by atoms with van der Waals surface area (Å²) in [4.78, 5) is 27.9. The fourth-order valence-corrected chi connectivity index (χ4v) is 5.00. The molecule has 0 saturated heterocycles. The maximum absolute atomic E-state index is 13.7. The minimum atomic E-state index is -3.82. The molecule has 0 saturated carbocycles. The van der Waals surface area contributed by atoms with Crippen LogP contribution in [-0.2, 0) is 31.6 Å². The van der Waals surface area contributed by atoms with Crippen molar-refractivity contribution in [2.45, 2.75) is 59.5 Å². The van der Waals surface area contributed by atoms with Gasteiger partial charge in [0.15, 0.2) is 0 Å². The molecule has 7 nitrogen and oxygen atoms in total. The van der Waals surface area contributed by atoms with Gasteiger partial charge in [0.2, 0.25) is 21.8 Å². The van der Waals surface area contributed by atoms with Gasteiger partial charge in [-0.1, -0.05) is 76.0 Å². The minimum absolute atomic E-state index is 0.0613. The van der Waals surface area contributed by atoms with Gasteiger partial charge in [-0.3, -0.25) is 13.9 Å². The van der Waals surface area contributed by atoms with Crippen LogP contribution in [0.1, 0.15) is 52.7 Å². The highest BCUT2D eigenvalue weighted by molar-refractivity contribution is 7.92. The van der Waals surface area contributed by atoms with E-state index in [0.717, 1.165) is 16.1 Å². The minimum Gasteiger partial charge on any atom is -0.354 e. The number of sulfonamides is 1. The Hall–Kier alpha value is -2.29. The van der Waals surface area contributed by atoms with Crippen molar-refractivity contribution in [1.82, 2.24) is 10.2 Å². The van der Waals surface area contributed by atoms with Gasteiger partial charge >= 0.3 is 0 Å². The molecule has 1 atom stereocenters. The Morgan fingerprint density at radius 1 is 0.973 bits per heavy atom. The second-order valence-electron chi connectivity index (χ2n) is 10.6. The van der Waals surface area contributed by atoms with Crippen LogP contribution in [0.15, 0.2) is 42.5 Å². The number of rotatable bonds is 10. The average molecular weight is 571 g/mol. The van der Waals surface area contributed by atoms with E-state index in [2.05, 4.69) is 26.1 Å². The number of nitrogens with zero attached hydrogens (tertiary/aromatic N) is 2. The molecule has 2 aromatic rings. The molecule has 0 bridgehead atoms. The van der Waals surface area contributed by atoms with E-state index in [9.17, 15) is 18.0 Å². The molecular formula is C27H37Cl2N3O4S. The van der Waals surface area contributed by atoms with Gasteiger partial charge in [0.25, 0.3) is 0 Å². The maximum atomic E-state index is 13.7. The van der Waals surface area contributed by atoms with Crippen LogP contribution < -0.4 is 9.62 Å². The largest absolute Gasteiger partial charge is 0.354 e. The van der Waals surface area contributed by atoms with E-state index in [1.807, 2.05) is 26.0 Å². The second kappa shape index (κ2) is 12.5. The molecule has 0 aliphatic carbocycles. The van der Waals surface area contributed by atoms with Crippen LogP contribution in [0.25, 0.3) is 0 Å². The highest BCUT2D eigenvalue weighted by Crippen LogP contribution is 2.28. The van der Waals surface area contributed by atoms with Crippen LogP contribution in [0.2, 0.25) is 10.0 Å². The number of anilines is 1. The number of amides is 2. The summed E-state index contributed by atoms with van der Waals surface area (Å²) in [6.07, 6.45) is 1.05. The van der Waals surface area contributed by atoms with Crippen LogP contribution in [0, 0.1) is 5.92 Å². The van der Waals surface area contributed by atoms with E-state index in [-0.39, 0.29) is 23.8 Å². The van der Waals surface area contributed by atoms with E-state index >= 15 is 0 Å². The first-order chi connectivity index (χ1) is 17.0. The highest BCUT2D eigenvalue weighted by atomic mass is 35.5. The molecular weight excluding hydrogens is 533 g/mol. The van der Waals surface area contributed by atoms with Gasteiger partial charge < -0.3 is 10.2 Å². The number of carbonyl (C=O) groups is 2. The molecule has 0 aromatic heterocycles. The number of halogens is 2. The molecule has 2 aromatic carbocycles. The highest BCUT2D eigenvalue weighted by Gasteiger charge is 2.31. The van der Waals surface area contributed by atoms with E-state index in [0.29, 0.717) is 27.8 Å². The number of benzene rings is 2. The van der Waals surface area contributed by atoms with Crippen LogP contribution in [0.3, 0.4) is 0 Å². The monoisotopic (exact) mass is 569 g/mol. The Morgan fingerprint density at radius 3 is 1.97 bits per heavy atom. The lowest BCUT2D eigenvalue weighted by Crippen LogP contribution is -2.51. The predicted octanol–water partition coefficient (Wildman–Crippen LogP) is 5.25. The number of hydrogen-bond donors (Lipinski definition) is 1. The van der Waals surface area contributed by atoms with Crippen molar-refractivity contribution in [3.05, 3.63) is 63.6 Å². The van der Waals surface area contributed by atoms with Gasteiger partial charge in [0, 0.05) is 28.7 Å². The van der Waals surface area contributed by atoms with Crippen molar-refractivity contribution in [2.75, 3.05) is 23.7 Å². The second-order valence-corrected chi connectivity index (χ2v) is 13.3. The molecule has 37 heavy (non-hydrogen) atoms. The molecule has 0 aliphatic heterocycles. The third-order valence-electron chi connectivity index (χ3n) is 5.94. The zero-order valence-corrected chi connectivity index (χ0v) is 24.8. The van der Waals surface area contributed by atoms with Crippen LogP contribution in [0.5, 0.6) is 0 Å². The summed E-state index contributed by atoms with van der Waals surface area (Å²) >= 11 is 12.7. The first-order valence-corrected chi connectivity index (χ1v) is 14.7. The summed E-state index contributed by atoms with van der Waals surface area (Å²) in [5.41, 5.74) is 1.75. The summed E-state index contributed by atoms with van der Waals surface area (Å²) < 4.78 is 26.5. The van der Waals surface area contributed by atoms with Gasteiger partial charge in [-0.2, -0.15) is 0 Å². The Kier molecular flexibility index (Phi) is 10.5. The summed E-state index contributed by atoms with van der Waals surface area (Å²) in [7, 11) is -3.82. The van der Waals surface area contributed by atoms with Gasteiger partial charge in [-0.05, 0) is 48.1 Å². The summed E-state index contributed by atoms with van der Waals surface area (Å²) in [6.45, 7) is 11.6. The summed E-state index contributed by atoms with van der Waals surface area (Å²) in [5.74, 6) is -0.700. The Labute approximate surface area is 231 Å². The Bertz CT molecular complexity index is 1190. The molecule has 2 amide bonds. The zero-order valence-electron chi connectivity index (χ0n) is 22.5. The molecule has 0 spiro atoms. The van der Waals surface area contributed by atoms with Gasteiger partial charge in [0.05, 0.1) is 11.9 Å². The third-order valence-corrected chi connectivity index (χ3v) is 7.79. The third kappa shape index (κ3) is 8.62. The molecule has 0 heterocycles. The standard InChI is InChI=1S/C27H37Cl2N3O4S/c1-18(2)15-30-26(34)19(3)31(16-22-23(28)9-8-10-24(22)29)25(33)17-32(37(7,35)36)21-13-11-20(12-14-21)27(4,5)6/h8-14,18-19H,15-17H2,1-7H3,(H,30,34)/t19-/m0/s1. The van der Waals surface area contributed by atoms with Crippen molar-refractivity contribution in [2.24, 2.45) is 5.92 Å². The van der Waals surface area contributed by atoms with Crippen LogP contribution in [0.4, 0.5) is 5.69 Å². The SMILES string of the molecule is CC(C)CNC(=O)[C@H](C)N(Cc1c(Cl)cccc1Cl)C(=O)CN(c1ccc(C(C)(C)C)cc1)S(C)(=O)=O. The molecule has 10 heteroatoms. The van der Waals surface area contributed by atoms with E-state index in [1.165, 1.54) is 4.90 Å². The van der Waals surface area contributed by atoms with Gasteiger partial charge in [0.1, 0.15) is 12.6 Å². The zero-order chi connectivity index (χ0) is 28.1. The predicted molar refractivity (Wildman–Crippen MR) is 152 cm³/mol. The summed E-state index contributed by atoms with van der Waals surface area (Å²) in [5, 5.41) is 3.53. The van der Waals surface area contributed by atoms with Crippen molar-refractivity contribution >= 4 is 50.7 Å². The maximum Gasteiger partial charge on any atom is 0.244 e. The van der Waals surface area contributed by atoms with E-state index in [1.54, 1.807) is 37.3 Å². The lowest BCUT2D eigenvalue weighted by Gasteiger charge is -2.32. The van der Waals surface area contributed by atoms with Crippen LogP contribution in [-0.4, -0.2) is 50.5 Å². The smallest absolute Gasteiger partial charge is 0.244 e. The topological polar surface area (TPSA) is 86.8 Å². The molecule has 0 fully saturated rings. The fraction of sp³-hybridized carbons (Fsp3) is 0.481. The molecule has 0 unspecified atom stereocenters. The van der Waals surface area contributed by atoms with Gasteiger partial charge in [-0.25, -0.2) is 8.42 Å². The lowest BCUT2D eigenvalue weighted by molar-refractivity contribution is -0.139.